The maximum atomic E-state index is 10.8. The van der Waals surface area contributed by atoms with Gasteiger partial charge in [0.25, 0.3) is 5.69 Å². The molecule has 156 valence electrons. The summed E-state index contributed by atoms with van der Waals surface area (Å²) in [4.78, 5) is 19.8. The monoisotopic (exact) mass is 401 g/mol. The van der Waals surface area contributed by atoms with Crippen LogP contribution in [-0.4, -0.2) is 69.3 Å². The molecule has 3 unspecified atom stereocenters. The average Bonchev–Trinajstić information content (AvgIpc) is 3.31. The van der Waals surface area contributed by atoms with Crippen LogP contribution < -0.4 is 0 Å². The fourth-order valence-electron chi connectivity index (χ4n) is 4.38. The smallest absolute Gasteiger partial charge is 0.269 e. The third-order valence-electron chi connectivity index (χ3n) is 5.61. The Morgan fingerprint density at radius 3 is 2.62 bits per heavy atom. The van der Waals surface area contributed by atoms with E-state index in [-0.39, 0.29) is 17.9 Å². The van der Waals surface area contributed by atoms with Gasteiger partial charge in [-0.25, -0.2) is 0 Å². The Hall–Kier alpha value is -2.36. The summed E-state index contributed by atoms with van der Waals surface area (Å²) >= 11 is 0. The number of hydrogen-bond acceptors (Lipinski definition) is 8. The van der Waals surface area contributed by atoms with Gasteiger partial charge in [0.15, 0.2) is 0 Å². The number of aromatic nitrogens is 2. The van der Waals surface area contributed by atoms with Crippen LogP contribution in [0.1, 0.15) is 32.6 Å². The van der Waals surface area contributed by atoms with Crippen LogP contribution in [0.25, 0.3) is 11.4 Å². The van der Waals surface area contributed by atoms with Crippen molar-refractivity contribution in [3.63, 3.8) is 0 Å². The lowest BCUT2D eigenvalue weighted by molar-refractivity contribution is -0.384. The molecule has 0 saturated carbocycles. The van der Waals surface area contributed by atoms with Crippen LogP contribution in [0.3, 0.4) is 0 Å². The number of non-ortho nitro benzene ring substituents is 1. The van der Waals surface area contributed by atoms with Gasteiger partial charge < -0.3 is 9.26 Å². The molecule has 0 aliphatic carbocycles. The maximum Gasteiger partial charge on any atom is 0.269 e. The van der Waals surface area contributed by atoms with Crippen LogP contribution in [0, 0.1) is 10.1 Å². The van der Waals surface area contributed by atoms with Crippen molar-refractivity contribution < 1.29 is 14.2 Å². The predicted octanol–water partition coefficient (Wildman–Crippen LogP) is 2.72. The van der Waals surface area contributed by atoms with E-state index < -0.39 is 4.92 Å². The number of nitrogens with zero attached hydrogens (tertiary/aromatic N) is 5. The number of rotatable bonds is 6. The molecule has 0 amide bonds. The number of likely N-dealkylation sites (tertiary alicyclic amines) is 1. The molecule has 2 aliphatic rings. The van der Waals surface area contributed by atoms with Gasteiger partial charge in [0.2, 0.25) is 11.7 Å². The van der Waals surface area contributed by atoms with Gasteiger partial charge in [-0.05, 0) is 45.4 Å². The molecule has 4 rings (SSSR count). The predicted molar refractivity (Wildman–Crippen MR) is 106 cm³/mol. The SMILES string of the molecule is CC1CN(CC2CCCN2Cc2nc(-c3ccc([N+](=O)[O-])cc3)no2)CC(C)O1. The third kappa shape index (κ3) is 4.80. The zero-order chi connectivity index (χ0) is 20.4. The molecule has 3 heterocycles. The highest BCUT2D eigenvalue weighted by molar-refractivity contribution is 5.56. The molecule has 9 heteroatoms. The molecule has 2 saturated heterocycles. The summed E-state index contributed by atoms with van der Waals surface area (Å²) in [5.74, 6) is 1.04. The molecule has 0 radical (unpaired) electrons. The van der Waals surface area contributed by atoms with Gasteiger partial charge in [-0.2, -0.15) is 4.98 Å². The molecule has 3 atom stereocenters. The first-order valence-corrected chi connectivity index (χ1v) is 10.2. The van der Waals surface area contributed by atoms with Crippen LogP contribution in [0.2, 0.25) is 0 Å². The molecule has 0 N–H and O–H groups in total. The first kappa shape index (κ1) is 19.9. The van der Waals surface area contributed by atoms with Crippen molar-refractivity contribution in [2.45, 2.75) is 51.5 Å². The van der Waals surface area contributed by atoms with Crippen molar-refractivity contribution >= 4 is 5.69 Å². The van der Waals surface area contributed by atoms with E-state index in [1.165, 1.54) is 25.0 Å². The zero-order valence-electron chi connectivity index (χ0n) is 16.9. The largest absolute Gasteiger partial charge is 0.373 e. The number of morpholine rings is 1. The second-order valence-electron chi connectivity index (χ2n) is 8.06. The molecular weight excluding hydrogens is 374 g/mol. The summed E-state index contributed by atoms with van der Waals surface area (Å²) in [6, 6.07) is 6.67. The van der Waals surface area contributed by atoms with Gasteiger partial charge in [0.1, 0.15) is 0 Å². The third-order valence-corrected chi connectivity index (χ3v) is 5.61. The summed E-state index contributed by atoms with van der Waals surface area (Å²) in [5, 5.41) is 14.8. The van der Waals surface area contributed by atoms with E-state index in [1.807, 2.05) is 0 Å². The highest BCUT2D eigenvalue weighted by Gasteiger charge is 2.30. The van der Waals surface area contributed by atoms with Crippen molar-refractivity contribution in [1.29, 1.82) is 0 Å². The lowest BCUT2D eigenvalue weighted by Gasteiger charge is -2.38. The van der Waals surface area contributed by atoms with Crippen LogP contribution in [0.4, 0.5) is 5.69 Å². The molecule has 9 nitrogen and oxygen atoms in total. The van der Waals surface area contributed by atoms with E-state index in [2.05, 4.69) is 33.8 Å². The van der Waals surface area contributed by atoms with E-state index in [0.29, 0.717) is 29.9 Å². The number of nitro benzene ring substituents is 1. The van der Waals surface area contributed by atoms with E-state index in [9.17, 15) is 10.1 Å². The first-order chi connectivity index (χ1) is 14.0. The van der Waals surface area contributed by atoms with Crippen molar-refractivity contribution in [2.75, 3.05) is 26.2 Å². The van der Waals surface area contributed by atoms with E-state index in [4.69, 9.17) is 9.26 Å². The summed E-state index contributed by atoms with van der Waals surface area (Å²) in [5.41, 5.74) is 0.754. The second-order valence-corrected chi connectivity index (χ2v) is 8.06. The number of ether oxygens (including phenoxy) is 1. The van der Waals surface area contributed by atoms with Gasteiger partial charge in [0, 0.05) is 43.4 Å². The molecule has 1 aromatic heterocycles. The number of hydrogen-bond donors (Lipinski definition) is 0. The van der Waals surface area contributed by atoms with Gasteiger partial charge in [0.05, 0.1) is 23.7 Å². The van der Waals surface area contributed by atoms with E-state index in [1.54, 1.807) is 12.1 Å². The van der Waals surface area contributed by atoms with E-state index >= 15 is 0 Å². The minimum atomic E-state index is -0.422. The molecule has 2 fully saturated rings. The summed E-state index contributed by atoms with van der Waals surface area (Å²) in [7, 11) is 0. The van der Waals surface area contributed by atoms with Crippen molar-refractivity contribution in [3.05, 3.63) is 40.3 Å². The van der Waals surface area contributed by atoms with Gasteiger partial charge in [-0.3, -0.25) is 19.9 Å². The van der Waals surface area contributed by atoms with Crippen LogP contribution in [0.15, 0.2) is 28.8 Å². The normalized spacial score (nSPS) is 26.1. The number of nitro groups is 1. The highest BCUT2D eigenvalue weighted by Crippen LogP contribution is 2.24. The average molecular weight is 401 g/mol. The molecule has 0 spiro atoms. The Balaban J connectivity index is 1.38. The fraction of sp³-hybridized carbons (Fsp3) is 0.600. The molecule has 0 bridgehead atoms. The van der Waals surface area contributed by atoms with E-state index in [0.717, 1.165) is 26.2 Å². The lowest BCUT2D eigenvalue weighted by atomic mass is 10.1. The summed E-state index contributed by atoms with van der Waals surface area (Å²) in [6.45, 7) is 8.89. The Morgan fingerprint density at radius 2 is 1.93 bits per heavy atom. The molecule has 29 heavy (non-hydrogen) atoms. The minimum absolute atomic E-state index is 0.0455. The van der Waals surface area contributed by atoms with Crippen molar-refractivity contribution in [3.8, 4) is 11.4 Å². The highest BCUT2D eigenvalue weighted by atomic mass is 16.6. The lowest BCUT2D eigenvalue weighted by Crippen LogP contribution is -2.50. The quantitative estimate of drug-likeness (QED) is 0.538. The van der Waals surface area contributed by atoms with Gasteiger partial charge in [-0.15, -0.1) is 0 Å². The first-order valence-electron chi connectivity index (χ1n) is 10.2. The summed E-state index contributed by atoms with van der Waals surface area (Å²) in [6.07, 6.45) is 2.88. The topological polar surface area (TPSA) is 97.8 Å². The van der Waals surface area contributed by atoms with Gasteiger partial charge >= 0.3 is 0 Å². The molecular formula is C20H27N5O4. The van der Waals surface area contributed by atoms with Gasteiger partial charge in [-0.1, -0.05) is 5.16 Å². The Kier molecular flexibility index (Phi) is 5.89. The fourth-order valence-corrected chi connectivity index (χ4v) is 4.38. The second kappa shape index (κ2) is 8.56. The van der Waals surface area contributed by atoms with Crippen molar-refractivity contribution in [2.24, 2.45) is 0 Å². The Labute approximate surface area is 169 Å². The van der Waals surface area contributed by atoms with Crippen molar-refractivity contribution in [1.82, 2.24) is 19.9 Å². The van der Waals surface area contributed by atoms with Crippen LogP contribution in [-0.2, 0) is 11.3 Å². The summed E-state index contributed by atoms with van der Waals surface area (Å²) < 4.78 is 11.3. The standard InChI is InChI=1S/C20H27N5O4/c1-14-10-23(11-15(2)28-14)12-18-4-3-9-24(18)13-19-21-20(22-29-19)16-5-7-17(8-6-16)25(26)27/h5-8,14-15,18H,3-4,9-13H2,1-2H3. The molecule has 2 aliphatic heterocycles. The van der Waals surface area contributed by atoms with Crippen LogP contribution >= 0.6 is 0 Å². The molecule has 2 aromatic rings. The van der Waals surface area contributed by atoms with Crippen LogP contribution in [0.5, 0.6) is 0 Å². The Morgan fingerprint density at radius 1 is 1.21 bits per heavy atom. The Bertz CT molecular complexity index is 830. The maximum absolute atomic E-state index is 10.8. The minimum Gasteiger partial charge on any atom is -0.373 e. The number of benzene rings is 1. The zero-order valence-corrected chi connectivity index (χ0v) is 16.9. The molecule has 1 aromatic carbocycles.